The van der Waals surface area contributed by atoms with Crippen LogP contribution >= 0.6 is 0 Å². The van der Waals surface area contributed by atoms with Crippen LogP contribution < -0.4 is 10.8 Å². The van der Waals surface area contributed by atoms with Gasteiger partial charge >= 0.3 is 5.97 Å². The number of aliphatic carboxylic acids is 2. The van der Waals surface area contributed by atoms with E-state index in [1.165, 1.54) is 0 Å². The fourth-order valence-electron chi connectivity index (χ4n) is 1.07. The first kappa shape index (κ1) is 19.0. The van der Waals surface area contributed by atoms with E-state index >= 15 is 0 Å². The molecule has 0 aromatic carbocycles. The molecule has 0 aliphatic carbocycles. The Hall–Kier alpha value is -1.40. The van der Waals surface area contributed by atoms with Crippen molar-refractivity contribution in [2.45, 2.75) is 25.3 Å². The molecule has 1 atom stereocenters. The van der Waals surface area contributed by atoms with E-state index in [1.807, 2.05) is 0 Å². The van der Waals surface area contributed by atoms with Gasteiger partial charge in [0.05, 0.1) is 33.7 Å². The Morgan fingerprint density at radius 3 is 2.11 bits per heavy atom. The van der Waals surface area contributed by atoms with E-state index in [-0.39, 0.29) is 0 Å². The van der Waals surface area contributed by atoms with Crippen LogP contribution in [0.1, 0.15) is 19.3 Å². The number of nitrogens with zero attached hydrogens (tertiary/aromatic N) is 1. The largest absolute Gasteiger partial charge is 0.545 e. The average Bonchev–Trinajstić information content (AvgIpc) is 2.23. The maximum absolute atomic E-state index is 10.4. The van der Waals surface area contributed by atoms with Gasteiger partial charge in [-0.2, -0.15) is 0 Å². The van der Waals surface area contributed by atoms with Gasteiger partial charge in [-0.3, -0.25) is 4.79 Å². The van der Waals surface area contributed by atoms with Gasteiger partial charge in [0.2, 0.25) is 0 Å². The minimum atomic E-state index is -1.23. The van der Waals surface area contributed by atoms with Crippen LogP contribution in [0.2, 0.25) is 0 Å². The van der Waals surface area contributed by atoms with Crippen molar-refractivity contribution in [2.24, 2.45) is 5.73 Å². The quantitative estimate of drug-likeness (QED) is 0.354. The predicted octanol–water partition coefficient (Wildman–Crippen LogP) is -0.803. The number of carbonyl (C=O) groups is 2. The van der Waals surface area contributed by atoms with Crippen LogP contribution in [0.15, 0.2) is 12.7 Å². The van der Waals surface area contributed by atoms with Crippen molar-refractivity contribution in [1.29, 1.82) is 0 Å². The summed E-state index contributed by atoms with van der Waals surface area (Å²) in [5.41, 5.74) is 5.36. The smallest absolute Gasteiger partial charge is 0.320 e. The molecule has 0 bridgehead atoms. The molecule has 18 heavy (non-hydrogen) atoms. The van der Waals surface area contributed by atoms with Crippen molar-refractivity contribution in [3.63, 3.8) is 0 Å². The highest BCUT2D eigenvalue weighted by molar-refractivity contribution is 5.76. The summed E-state index contributed by atoms with van der Waals surface area (Å²) in [6.07, 6.45) is 3.22. The molecule has 0 amide bonds. The standard InChI is InChI=1S/C9H20N2O2.C3H4O2/c1-11(2,3)7-5-4-6-8(10)9(12)13;1-2-3(4)5/h8H,4-7,10H2,1-3H3;2H,1H2,(H,4,5)/t8-;/m0./s1. The summed E-state index contributed by atoms with van der Waals surface area (Å²) in [4.78, 5) is 19.5. The molecule has 0 unspecified atom stereocenters. The van der Waals surface area contributed by atoms with E-state index in [9.17, 15) is 4.79 Å². The fourth-order valence-corrected chi connectivity index (χ4v) is 1.07. The highest BCUT2D eigenvalue weighted by atomic mass is 16.4. The van der Waals surface area contributed by atoms with E-state index in [0.717, 1.165) is 29.9 Å². The molecule has 0 saturated carbocycles. The third-order valence-corrected chi connectivity index (χ3v) is 2.08. The summed E-state index contributed by atoms with van der Waals surface area (Å²) >= 11 is 0. The second-order valence-corrected chi connectivity index (χ2v) is 4.98. The van der Waals surface area contributed by atoms with Crippen LogP contribution in [0, 0.1) is 0 Å². The molecule has 0 rings (SSSR count). The summed E-state index contributed by atoms with van der Waals surface area (Å²) in [5.74, 6) is -2.13. The lowest BCUT2D eigenvalue weighted by Crippen LogP contribution is -2.35. The minimum absolute atomic E-state index is 0.579. The van der Waals surface area contributed by atoms with Gasteiger partial charge in [-0.1, -0.05) is 6.58 Å². The van der Waals surface area contributed by atoms with Gasteiger partial charge in [0.15, 0.2) is 0 Å². The van der Waals surface area contributed by atoms with Crippen molar-refractivity contribution in [3.05, 3.63) is 12.7 Å². The van der Waals surface area contributed by atoms with Crippen molar-refractivity contribution < 1.29 is 24.3 Å². The number of carboxylic acids is 2. The first-order chi connectivity index (χ1) is 8.10. The normalized spacial score (nSPS) is 12.0. The number of carboxylic acid groups (broad SMARTS) is 2. The zero-order valence-electron chi connectivity index (χ0n) is 11.4. The van der Waals surface area contributed by atoms with Crippen molar-refractivity contribution in [2.75, 3.05) is 27.7 Å². The van der Waals surface area contributed by atoms with Gasteiger partial charge in [0.25, 0.3) is 0 Å². The Kier molecular flexibility index (Phi) is 10.1. The number of hydrogen-bond donors (Lipinski definition) is 2. The van der Waals surface area contributed by atoms with Crippen LogP contribution in [0.5, 0.6) is 0 Å². The predicted molar refractivity (Wildman–Crippen MR) is 67.6 cm³/mol. The molecular weight excluding hydrogens is 236 g/mol. The maximum atomic E-state index is 10.4. The van der Waals surface area contributed by atoms with Gasteiger partial charge in [-0.05, 0) is 25.3 Å². The lowest BCUT2D eigenvalue weighted by molar-refractivity contribution is -0.870. The molecule has 6 heteroatoms. The summed E-state index contributed by atoms with van der Waals surface area (Å²) in [6, 6.07) is -0.688. The van der Waals surface area contributed by atoms with Crippen molar-refractivity contribution >= 4 is 11.9 Å². The fraction of sp³-hybridized carbons (Fsp3) is 0.667. The molecule has 0 aliphatic rings. The monoisotopic (exact) mass is 260 g/mol. The number of nitrogens with two attached hydrogens (primary N) is 1. The number of hydrogen-bond acceptors (Lipinski definition) is 4. The average molecular weight is 260 g/mol. The zero-order valence-corrected chi connectivity index (χ0v) is 11.4. The number of quaternary nitrogens is 1. The molecule has 0 heterocycles. The summed E-state index contributed by atoms with van der Waals surface area (Å²) < 4.78 is 0.919. The SMILES string of the molecule is C=CC(=O)[O-].C[N+](C)(C)CCCC[C@H](N)C(=O)O. The van der Waals surface area contributed by atoms with Gasteiger partial charge in [0, 0.05) is 0 Å². The van der Waals surface area contributed by atoms with E-state index in [0.29, 0.717) is 6.42 Å². The number of unbranched alkanes of at least 4 members (excludes halogenated alkanes) is 1. The Morgan fingerprint density at radius 2 is 1.83 bits per heavy atom. The molecule has 3 N–H and O–H groups in total. The molecule has 0 fully saturated rings. The van der Waals surface area contributed by atoms with Crippen molar-refractivity contribution in [3.8, 4) is 0 Å². The molecule has 0 aromatic heterocycles. The Morgan fingerprint density at radius 1 is 1.39 bits per heavy atom. The third kappa shape index (κ3) is 17.0. The lowest BCUT2D eigenvalue weighted by Gasteiger charge is -2.23. The van der Waals surface area contributed by atoms with E-state index in [1.54, 1.807) is 0 Å². The van der Waals surface area contributed by atoms with E-state index < -0.39 is 18.0 Å². The van der Waals surface area contributed by atoms with Crippen LogP contribution in [0.4, 0.5) is 0 Å². The molecular formula is C12H24N2O4. The summed E-state index contributed by atoms with van der Waals surface area (Å²) in [6.45, 7) is 3.96. The van der Waals surface area contributed by atoms with Gasteiger partial charge in [-0.15, -0.1) is 0 Å². The maximum Gasteiger partial charge on any atom is 0.320 e. The zero-order chi connectivity index (χ0) is 14.8. The summed E-state index contributed by atoms with van der Waals surface area (Å²) in [5, 5.41) is 17.7. The van der Waals surface area contributed by atoms with Gasteiger partial charge < -0.3 is 25.2 Å². The van der Waals surface area contributed by atoms with Crippen LogP contribution in [0.3, 0.4) is 0 Å². The highest BCUT2D eigenvalue weighted by Crippen LogP contribution is 2.02. The molecule has 0 saturated heterocycles. The van der Waals surface area contributed by atoms with Gasteiger partial charge in [0.1, 0.15) is 6.04 Å². The van der Waals surface area contributed by atoms with Crippen molar-refractivity contribution in [1.82, 2.24) is 0 Å². The first-order valence-electron chi connectivity index (χ1n) is 5.72. The number of carbonyl (C=O) groups excluding carboxylic acids is 1. The van der Waals surface area contributed by atoms with Gasteiger partial charge in [-0.25, -0.2) is 0 Å². The molecule has 0 aliphatic heterocycles. The minimum Gasteiger partial charge on any atom is -0.545 e. The van der Waals surface area contributed by atoms with Crippen LogP contribution in [0.25, 0.3) is 0 Å². The Bertz CT molecular complexity index is 272. The Labute approximate surface area is 108 Å². The molecule has 0 aromatic rings. The Balaban J connectivity index is 0. The van der Waals surface area contributed by atoms with E-state index in [4.69, 9.17) is 20.7 Å². The summed E-state index contributed by atoms with van der Waals surface area (Å²) in [7, 11) is 6.37. The highest BCUT2D eigenvalue weighted by Gasteiger charge is 2.11. The molecule has 106 valence electrons. The second kappa shape index (κ2) is 9.61. The molecule has 0 spiro atoms. The van der Waals surface area contributed by atoms with E-state index in [2.05, 4.69) is 27.7 Å². The third-order valence-electron chi connectivity index (χ3n) is 2.08. The molecule has 0 radical (unpaired) electrons. The first-order valence-corrected chi connectivity index (χ1v) is 5.72. The molecule has 6 nitrogen and oxygen atoms in total. The number of rotatable bonds is 7. The van der Waals surface area contributed by atoms with Crippen LogP contribution in [-0.2, 0) is 9.59 Å². The lowest BCUT2D eigenvalue weighted by atomic mass is 10.1. The topological polar surface area (TPSA) is 103 Å². The van der Waals surface area contributed by atoms with Crippen LogP contribution in [-0.4, -0.2) is 55.3 Å². The second-order valence-electron chi connectivity index (χ2n) is 4.98.